The molecule has 0 unspecified atom stereocenters. The monoisotopic (exact) mass is 251 g/mol. The largest absolute Gasteiger partial charge is 0.493 e. The molecule has 0 aliphatic heterocycles. The fraction of sp³-hybridized carbons (Fsp3) is 0.167. The Bertz CT molecular complexity index is 583. The SMILES string of the molecule is CCOc1cc(C(=O)O)nc2cc(Cl)ccc12. The molecule has 0 radical (unpaired) electrons. The average molecular weight is 252 g/mol. The lowest BCUT2D eigenvalue weighted by molar-refractivity contribution is 0.0690. The van der Waals surface area contributed by atoms with Crippen molar-refractivity contribution in [3.8, 4) is 5.75 Å². The summed E-state index contributed by atoms with van der Waals surface area (Å²) in [5.74, 6) is -0.584. The predicted octanol–water partition coefficient (Wildman–Crippen LogP) is 2.99. The van der Waals surface area contributed by atoms with Crippen molar-refractivity contribution < 1.29 is 14.6 Å². The molecule has 88 valence electrons. The maximum Gasteiger partial charge on any atom is 0.354 e. The van der Waals surface area contributed by atoms with Crippen molar-refractivity contribution in [2.75, 3.05) is 6.61 Å². The Balaban J connectivity index is 2.71. The smallest absolute Gasteiger partial charge is 0.354 e. The first-order valence-electron chi connectivity index (χ1n) is 5.08. The summed E-state index contributed by atoms with van der Waals surface area (Å²) in [5, 5.41) is 10.2. The van der Waals surface area contributed by atoms with E-state index in [0.29, 0.717) is 22.9 Å². The molecule has 2 aromatic rings. The van der Waals surface area contributed by atoms with Gasteiger partial charge in [-0.25, -0.2) is 9.78 Å². The molecule has 0 saturated carbocycles. The van der Waals surface area contributed by atoms with Crippen LogP contribution in [0, 0.1) is 0 Å². The standard InChI is InChI=1S/C12H10ClNO3/c1-2-17-11-6-10(12(15)16)14-9-5-7(13)3-4-8(9)11/h3-6H,2H2,1H3,(H,15,16). The molecule has 0 bridgehead atoms. The summed E-state index contributed by atoms with van der Waals surface area (Å²) in [4.78, 5) is 14.9. The highest BCUT2D eigenvalue weighted by Crippen LogP contribution is 2.27. The number of rotatable bonds is 3. The molecule has 17 heavy (non-hydrogen) atoms. The van der Waals surface area contributed by atoms with Gasteiger partial charge in [0.15, 0.2) is 5.69 Å². The van der Waals surface area contributed by atoms with Gasteiger partial charge < -0.3 is 9.84 Å². The van der Waals surface area contributed by atoms with Crippen LogP contribution in [-0.4, -0.2) is 22.7 Å². The van der Waals surface area contributed by atoms with Gasteiger partial charge in [-0.3, -0.25) is 0 Å². The van der Waals surface area contributed by atoms with E-state index < -0.39 is 5.97 Å². The van der Waals surface area contributed by atoms with E-state index in [2.05, 4.69) is 4.98 Å². The number of ether oxygens (including phenoxy) is 1. The topological polar surface area (TPSA) is 59.4 Å². The lowest BCUT2D eigenvalue weighted by Gasteiger charge is -2.08. The summed E-state index contributed by atoms with van der Waals surface area (Å²) in [7, 11) is 0. The van der Waals surface area contributed by atoms with Crippen molar-refractivity contribution in [3.05, 3.63) is 35.0 Å². The molecular formula is C12H10ClNO3. The first kappa shape index (κ1) is 11.7. The Morgan fingerprint density at radius 1 is 1.47 bits per heavy atom. The number of pyridine rings is 1. The van der Waals surface area contributed by atoms with Crippen LogP contribution in [0.4, 0.5) is 0 Å². The molecule has 1 N–H and O–H groups in total. The predicted molar refractivity (Wildman–Crippen MR) is 64.9 cm³/mol. The summed E-state index contributed by atoms with van der Waals surface area (Å²) < 4.78 is 5.40. The summed E-state index contributed by atoms with van der Waals surface area (Å²) in [6.45, 7) is 2.30. The van der Waals surface area contributed by atoms with Gasteiger partial charge in [-0.15, -0.1) is 0 Å². The van der Waals surface area contributed by atoms with E-state index in [9.17, 15) is 4.79 Å². The number of carboxylic acid groups (broad SMARTS) is 1. The van der Waals surface area contributed by atoms with Gasteiger partial charge in [-0.2, -0.15) is 0 Å². The number of halogens is 1. The summed E-state index contributed by atoms with van der Waals surface area (Å²) in [6.07, 6.45) is 0. The van der Waals surface area contributed by atoms with Crippen molar-refractivity contribution in [1.82, 2.24) is 4.98 Å². The molecule has 5 heteroatoms. The minimum absolute atomic E-state index is 0.0526. The van der Waals surface area contributed by atoms with Gasteiger partial charge in [-0.05, 0) is 25.1 Å². The Hall–Kier alpha value is -1.81. The molecular weight excluding hydrogens is 242 g/mol. The Labute approximate surface area is 103 Å². The van der Waals surface area contributed by atoms with Crippen molar-refractivity contribution in [1.29, 1.82) is 0 Å². The number of carboxylic acids is 1. The minimum Gasteiger partial charge on any atom is -0.493 e. The van der Waals surface area contributed by atoms with Crippen molar-refractivity contribution in [2.24, 2.45) is 0 Å². The maximum absolute atomic E-state index is 10.9. The number of carbonyl (C=O) groups is 1. The average Bonchev–Trinajstić information content (AvgIpc) is 2.28. The van der Waals surface area contributed by atoms with Crippen LogP contribution in [0.15, 0.2) is 24.3 Å². The molecule has 0 aliphatic rings. The van der Waals surface area contributed by atoms with Crippen LogP contribution in [0.2, 0.25) is 5.02 Å². The van der Waals surface area contributed by atoms with Crippen LogP contribution in [0.5, 0.6) is 5.75 Å². The van der Waals surface area contributed by atoms with Gasteiger partial charge >= 0.3 is 5.97 Å². The van der Waals surface area contributed by atoms with Gasteiger partial charge in [0.25, 0.3) is 0 Å². The van der Waals surface area contributed by atoms with E-state index in [0.717, 1.165) is 5.39 Å². The summed E-state index contributed by atoms with van der Waals surface area (Å²) in [5.41, 5.74) is 0.462. The van der Waals surface area contributed by atoms with Crippen molar-refractivity contribution in [2.45, 2.75) is 6.92 Å². The molecule has 4 nitrogen and oxygen atoms in total. The summed E-state index contributed by atoms with van der Waals surface area (Å²) in [6, 6.07) is 6.52. The molecule has 0 amide bonds. The third kappa shape index (κ3) is 2.31. The molecule has 0 fully saturated rings. The van der Waals surface area contributed by atoms with Gasteiger partial charge in [0, 0.05) is 16.5 Å². The maximum atomic E-state index is 10.9. The minimum atomic E-state index is -1.09. The van der Waals surface area contributed by atoms with Gasteiger partial charge in [0.1, 0.15) is 5.75 Å². The zero-order valence-corrected chi connectivity index (χ0v) is 9.86. The van der Waals surface area contributed by atoms with Crippen LogP contribution >= 0.6 is 11.6 Å². The zero-order chi connectivity index (χ0) is 12.4. The lowest BCUT2D eigenvalue weighted by Crippen LogP contribution is -2.02. The second-order valence-corrected chi connectivity index (χ2v) is 3.84. The molecule has 1 heterocycles. The zero-order valence-electron chi connectivity index (χ0n) is 9.11. The third-order valence-electron chi connectivity index (χ3n) is 2.25. The number of hydrogen-bond donors (Lipinski definition) is 1. The fourth-order valence-corrected chi connectivity index (χ4v) is 1.72. The van der Waals surface area contributed by atoms with E-state index in [1.54, 1.807) is 18.2 Å². The van der Waals surface area contributed by atoms with Crippen LogP contribution in [0.3, 0.4) is 0 Å². The molecule has 2 rings (SSSR count). The number of hydrogen-bond acceptors (Lipinski definition) is 3. The normalized spacial score (nSPS) is 10.5. The number of nitrogens with zero attached hydrogens (tertiary/aromatic N) is 1. The molecule has 0 spiro atoms. The van der Waals surface area contributed by atoms with Crippen LogP contribution in [-0.2, 0) is 0 Å². The highest BCUT2D eigenvalue weighted by Gasteiger charge is 2.11. The van der Waals surface area contributed by atoms with Crippen molar-refractivity contribution >= 4 is 28.5 Å². The van der Waals surface area contributed by atoms with Crippen LogP contribution in [0.1, 0.15) is 17.4 Å². The van der Waals surface area contributed by atoms with E-state index in [-0.39, 0.29) is 5.69 Å². The third-order valence-corrected chi connectivity index (χ3v) is 2.49. The van der Waals surface area contributed by atoms with Crippen LogP contribution < -0.4 is 4.74 Å². The Morgan fingerprint density at radius 2 is 2.24 bits per heavy atom. The lowest BCUT2D eigenvalue weighted by atomic mass is 10.2. The summed E-state index contributed by atoms with van der Waals surface area (Å²) >= 11 is 5.85. The number of benzene rings is 1. The second kappa shape index (κ2) is 4.59. The van der Waals surface area contributed by atoms with E-state index in [1.807, 2.05) is 6.92 Å². The molecule has 1 aromatic heterocycles. The van der Waals surface area contributed by atoms with E-state index >= 15 is 0 Å². The molecule has 0 aliphatic carbocycles. The van der Waals surface area contributed by atoms with Crippen LogP contribution in [0.25, 0.3) is 10.9 Å². The number of aromatic carboxylic acids is 1. The second-order valence-electron chi connectivity index (χ2n) is 3.41. The van der Waals surface area contributed by atoms with E-state index in [4.69, 9.17) is 21.4 Å². The van der Waals surface area contributed by atoms with E-state index in [1.165, 1.54) is 6.07 Å². The highest BCUT2D eigenvalue weighted by atomic mass is 35.5. The number of aromatic nitrogens is 1. The Kier molecular flexibility index (Phi) is 3.15. The van der Waals surface area contributed by atoms with Crippen molar-refractivity contribution in [3.63, 3.8) is 0 Å². The number of fused-ring (bicyclic) bond motifs is 1. The Morgan fingerprint density at radius 3 is 2.88 bits per heavy atom. The first-order valence-corrected chi connectivity index (χ1v) is 5.46. The fourth-order valence-electron chi connectivity index (χ4n) is 1.55. The van der Waals surface area contributed by atoms with Gasteiger partial charge in [0.2, 0.25) is 0 Å². The molecule has 1 aromatic carbocycles. The molecule has 0 saturated heterocycles. The molecule has 0 atom stereocenters. The van der Waals surface area contributed by atoms with Gasteiger partial charge in [-0.1, -0.05) is 11.6 Å². The highest BCUT2D eigenvalue weighted by molar-refractivity contribution is 6.31. The quantitative estimate of drug-likeness (QED) is 0.911. The first-order chi connectivity index (χ1) is 8.11. The van der Waals surface area contributed by atoms with Gasteiger partial charge in [0.05, 0.1) is 12.1 Å².